The minimum absolute atomic E-state index is 0.0527. The molecule has 1 fully saturated rings. The maximum Gasteiger partial charge on any atom is 0.272 e. The molecule has 0 atom stereocenters. The minimum atomic E-state index is -0.186. The van der Waals surface area contributed by atoms with E-state index in [0.717, 1.165) is 28.9 Å². The Morgan fingerprint density at radius 1 is 1.21 bits per heavy atom. The van der Waals surface area contributed by atoms with E-state index in [1.54, 1.807) is 12.3 Å². The topological polar surface area (TPSA) is 102 Å². The summed E-state index contributed by atoms with van der Waals surface area (Å²) >= 11 is 0. The van der Waals surface area contributed by atoms with Gasteiger partial charge in [0.25, 0.3) is 5.56 Å². The first-order valence-corrected chi connectivity index (χ1v) is 10.3. The molecule has 29 heavy (non-hydrogen) atoms. The highest BCUT2D eigenvalue weighted by Crippen LogP contribution is 2.23. The molecule has 4 N–H and O–H groups in total. The van der Waals surface area contributed by atoms with Crippen LogP contribution in [-0.2, 0) is 17.8 Å². The number of nitrogen functional groups attached to an aromatic ring is 1. The van der Waals surface area contributed by atoms with Crippen LogP contribution in [0.1, 0.15) is 53.6 Å². The Hall–Kier alpha value is -2.83. The Balaban J connectivity index is 1.65. The van der Waals surface area contributed by atoms with Crippen molar-refractivity contribution in [2.75, 3.05) is 17.7 Å². The molecule has 1 aliphatic rings. The number of pyridine rings is 2. The molecule has 1 aliphatic carbocycles. The van der Waals surface area contributed by atoms with Crippen LogP contribution in [0.2, 0.25) is 0 Å². The molecular formula is C22H31N5O2. The van der Waals surface area contributed by atoms with Gasteiger partial charge in [0, 0.05) is 30.5 Å². The standard InChI is InChI=1S/C22H31N5O2/c1-14-8-9-27(25-12-17-6-4-5-7-17)22(29)18(14)11-21(28)24-13-19-15(2)10-20(23)26-16(19)3/h8-10,17,25H,4-7,11-13H2,1-3H3,(H2,23,26)(H,24,28). The molecule has 0 aliphatic heterocycles. The van der Waals surface area contributed by atoms with E-state index in [9.17, 15) is 9.59 Å². The molecular weight excluding hydrogens is 366 g/mol. The predicted octanol–water partition coefficient (Wildman–Crippen LogP) is 2.34. The van der Waals surface area contributed by atoms with Crippen molar-refractivity contribution in [3.8, 4) is 0 Å². The van der Waals surface area contributed by atoms with E-state index in [-0.39, 0.29) is 17.9 Å². The minimum Gasteiger partial charge on any atom is -0.384 e. The number of nitrogens with one attached hydrogen (secondary N) is 2. The number of anilines is 1. The van der Waals surface area contributed by atoms with Gasteiger partial charge in [-0.2, -0.15) is 0 Å². The smallest absolute Gasteiger partial charge is 0.272 e. The second-order valence-electron chi connectivity index (χ2n) is 8.05. The van der Waals surface area contributed by atoms with Crippen LogP contribution in [0.25, 0.3) is 0 Å². The van der Waals surface area contributed by atoms with Crippen LogP contribution in [0, 0.1) is 26.7 Å². The van der Waals surface area contributed by atoms with Crippen LogP contribution in [-0.4, -0.2) is 22.1 Å². The van der Waals surface area contributed by atoms with Crippen molar-refractivity contribution in [2.45, 2.75) is 59.4 Å². The molecule has 2 aromatic heterocycles. The van der Waals surface area contributed by atoms with Gasteiger partial charge in [0.2, 0.25) is 5.91 Å². The maximum atomic E-state index is 12.8. The van der Waals surface area contributed by atoms with Gasteiger partial charge in [-0.05, 0) is 68.4 Å². The van der Waals surface area contributed by atoms with Gasteiger partial charge in [0.1, 0.15) is 5.82 Å². The van der Waals surface area contributed by atoms with E-state index < -0.39 is 0 Å². The molecule has 156 valence electrons. The third kappa shape index (κ3) is 5.16. The van der Waals surface area contributed by atoms with Crippen molar-refractivity contribution in [3.63, 3.8) is 0 Å². The molecule has 3 rings (SSSR count). The normalized spacial score (nSPS) is 14.2. The largest absolute Gasteiger partial charge is 0.384 e. The molecule has 1 saturated carbocycles. The number of carbonyl (C=O) groups excluding carboxylic acids is 1. The Morgan fingerprint density at radius 3 is 2.62 bits per heavy atom. The molecule has 1 amide bonds. The van der Waals surface area contributed by atoms with Crippen LogP contribution in [0.5, 0.6) is 0 Å². The van der Waals surface area contributed by atoms with Gasteiger partial charge in [-0.15, -0.1) is 0 Å². The number of nitrogens with zero attached hydrogens (tertiary/aromatic N) is 2. The first-order chi connectivity index (χ1) is 13.8. The van der Waals surface area contributed by atoms with E-state index >= 15 is 0 Å². The second-order valence-corrected chi connectivity index (χ2v) is 8.05. The predicted molar refractivity (Wildman–Crippen MR) is 115 cm³/mol. The first kappa shape index (κ1) is 20.9. The fraction of sp³-hybridized carbons (Fsp3) is 0.500. The molecule has 2 aromatic rings. The number of nitrogens with two attached hydrogens (primary N) is 1. The van der Waals surface area contributed by atoms with Gasteiger partial charge in [-0.1, -0.05) is 12.8 Å². The van der Waals surface area contributed by atoms with E-state index in [4.69, 9.17) is 5.73 Å². The fourth-order valence-corrected chi connectivity index (χ4v) is 4.02. The number of aryl methyl sites for hydroxylation is 3. The number of hydrogen-bond acceptors (Lipinski definition) is 5. The molecule has 0 bridgehead atoms. The zero-order valence-corrected chi connectivity index (χ0v) is 17.5. The highest BCUT2D eigenvalue weighted by molar-refractivity contribution is 5.78. The van der Waals surface area contributed by atoms with E-state index in [1.165, 1.54) is 30.4 Å². The number of rotatable bonds is 7. The number of carbonyl (C=O) groups is 1. The van der Waals surface area contributed by atoms with E-state index in [2.05, 4.69) is 15.7 Å². The molecule has 2 heterocycles. The Kier molecular flexibility index (Phi) is 6.56. The zero-order valence-electron chi connectivity index (χ0n) is 17.5. The highest BCUT2D eigenvalue weighted by Gasteiger charge is 2.16. The Morgan fingerprint density at radius 2 is 1.93 bits per heavy atom. The van der Waals surface area contributed by atoms with Crippen molar-refractivity contribution < 1.29 is 4.79 Å². The summed E-state index contributed by atoms with van der Waals surface area (Å²) in [6.07, 6.45) is 6.76. The van der Waals surface area contributed by atoms with Crippen molar-refractivity contribution in [2.24, 2.45) is 5.92 Å². The van der Waals surface area contributed by atoms with Crippen LogP contribution in [0.15, 0.2) is 23.1 Å². The number of aromatic nitrogens is 2. The number of hydrogen-bond donors (Lipinski definition) is 3. The fourth-order valence-electron chi connectivity index (χ4n) is 4.02. The lowest BCUT2D eigenvalue weighted by Gasteiger charge is -2.16. The lowest BCUT2D eigenvalue weighted by molar-refractivity contribution is -0.120. The van der Waals surface area contributed by atoms with E-state index in [1.807, 2.05) is 26.8 Å². The van der Waals surface area contributed by atoms with Crippen LogP contribution < -0.4 is 22.0 Å². The maximum absolute atomic E-state index is 12.8. The summed E-state index contributed by atoms with van der Waals surface area (Å²) in [6, 6.07) is 3.67. The lowest BCUT2D eigenvalue weighted by atomic mass is 10.1. The summed E-state index contributed by atoms with van der Waals surface area (Å²) in [6.45, 7) is 6.84. The van der Waals surface area contributed by atoms with Gasteiger partial charge >= 0.3 is 0 Å². The lowest BCUT2D eigenvalue weighted by Crippen LogP contribution is -2.36. The SMILES string of the molecule is Cc1cc(N)nc(C)c1CNC(=O)Cc1c(C)ccn(NCC2CCCC2)c1=O. The molecule has 0 spiro atoms. The number of amides is 1. The highest BCUT2D eigenvalue weighted by atomic mass is 16.2. The van der Waals surface area contributed by atoms with Gasteiger partial charge in [-0.25, -0.2) is 9.66 Å². The molecule has 0 radical (unpaired) electrons. The molecule has 7 nitrogen and oxygen atoms in total. The average Bonchev–Trinajstić information content (AvgIpc) is 3.17. The quantitative estimate of drug-likeness (QED) is 0.666. The average molecular weight is 398 g/mol. The summed E-state index contributed by atoms with van der Waals surface area (Å²) in [4.78, 5) is 29.6. The van der Waals surface area contributed by atoms with Crippen LogP contribution in [0.4, 0.5) is 5.82 Å². The van der Waals surface area contributed by atoms with Crippen molar-refractivity contribution in [3.05, 3.63) is 56.6 Å². The third-order valence-corrected chi connectivity index (χ3v) is 5.83. The molecule has 0 unspecified atom stereocenters. The Bertz CT molecular complexity index is 922. The summed E-state index contributed by atoms with van der Waals surface area (Å²) in [5, 5.41) is 2.91. The summed E-state index contributed by atoms with van der Waals surface area (Å²) in [5.41, 5.74) is 12.9. The van der Waals surface area contributed by atoms with Gasteiger partial charge in [0.15, 0.2) is 0 Å². The van der Waals surface area contributed by atoms with Gasteiger partial charge < -0.3 is 16.5 Å². The van der Waals surface area contributed by atoms with Crippen molar-refractivity contribution >= 4 is 11.7 Å². The third-order valence-electron chi connectivity index (χ3n) is 5.83. The van der Waals surface area contributed by atoms with Crippen molar-refractivity contribution in [1.82, 2.24) is 15.0 Å². The van der Waals surface area contributed by atoms with Crippen LogP contribution in [0.3, 0.4) is 0 Å². The molecule has 7 heteroatoms. The van der Waals surface area contributed by atoms with E-state index in [0.29, 0.717) is 23.8 Å². The summed E-state index contributed by atoms with van der Waals surface area (Å²) in [7, 11) is 0. The van der Waals surface area contributed by atoms with Crippen molar-refractivity contribution in [1.29, 1.82) is 0 Å². The van der Waals surface area contributed by atoms with Gasteiger partial charge in [0.05, 0.1) is 6.42 Å². The van der Waals surface area contributed by atoms with Crippen LogP contribution >= 0.6 is 0 Å². The molecule has 0 saturated heterocycles. The monoisotopic (exact) mass is 397 g/mol. The zero-order chi connectivity index (χ0) is 21.0. The second kappa shape index (κ2) is 9.11. The molecule has 0 aromatic carbocycles. The Labute approximate surface area is 171 Å². The first-order valence-electron chi connectivity index (χ1n) is 10.3. The van der Waals surface area contributed by atoms with Gasteiger partial charge in [-0.3, -0.25) is 9.59 Å². The summed E-state index contributed by atoms with van der Waals surface area (Å²) < 4.78 is 1.52. The summed E-state index contributed by atoms with van der Waals surface area (Å²) in [5.74, 6) is 0.907.